The van der Waals surface area contributed by atoms with Gasteiger partial charge in [0.15, 0.2) is 0 Å². The zero-order chi connectivity index (χ0) is 27.7. The fraction of sp³-hybridized carbons (Fsp3) is 0.286. The molecular formula is C28H31Cl2N3O4S. The van der Waals surface area contributed by atoms with Crippen LogP contribution in [0, 0.1) is 0 Å². The van der Waals surface area contributed by atoms with Gasteiger partial charge in [-0.1, -0.05) is 77.8 Å². The lowest BCUT2D eigenvalue weighted by Crippen LogP contribution is -2.49. The summed E-state index contributed by atoms with van der Waals surface area (Å²) in [5.41, 5.74) is 1.63. The quantitative estimate of drug-likeness (QED) is 0.336. The minimum Gasteiger partial charge on any atom is -0.357 e. The minimum absolute atomic E-state index is 0.0538. The lowest BCUT2D eigenvalue weighted by Gasteiger charge is -2.31. The molecule has 10 heteroatoms. The fourth-order valence-electron chi connectivity index (χ4n) is 4.04. The molecular weight excluding hydrogens is 545 g/mol. The van der Waals surface area contributed by atoms with Crippen LogP contribution in [0.2, 0.25) is 10.0 Å². The first-order valence-electron chi connectivity index (χ1n) is 12.1. The summed E-state index contributed by atoms with van der Waals surface area (Å²) in [7, 11) is -0.649. The molecule has 0 saturated carbocycles. The molecule has 0 aliphatic carbocycles. The Morgan fingerprint density at radius 3 is 2.13 bits per heavy atom. The average molecular weight is 577 g/mol. The summed E-state index contributed by atoms with van der Waals surface area (Å²) in [6.07, 6.45) is 0.652. The van der Waals surface area contributed by atoms with Gasteiger partial charge in [0.05, 0.1) is 14.9 Å². The molecule has 1 N–H and O–H groups in total. The van der Waals surface area contributed by atoms with Gasteiger partial charge in [0, 0.05) is 40.0 Å². The first-order valence-corrected chi connectivity index (χ1v) is 14.3. The largest absolute Gasteiger partial charge is 0.357 e. The van der Waals surface area contributed by atoms with Crippen LogP contribution in [0.25, 0.3) is 0 Å². The molecule has 0 aliphatic rings. The summed E-state index contributed by atoms with van der Waals surface area (Å²) in [4.78, 5) is 28.3. The first-order chi connectivity index (χ1) is 18.1. The SMILES string of the molecule is CNC(=O)C(Cc1ccccc1)N(Cc1ccc(Cl)c(Cl)c1)C(=O)CCCN(C)S(=O)(=O)c1ccccc1. The van der Waals surface area contributed by atoms with Crippen LogP contribution in [-0.4, -0.2) is 56.1 Å². The second kappa shape index (κ2) is 13.8. The standard InChI is InChI=1S/C28H31Cl2N3O4S/c1-31-28(35)26(19-21-10-5-3-6-11-21)33(20-22-15-16-24(29)25(30)18-22)27(34)14-9-17-32(2)38(36,37)23-12-7-4-8-13-23/h3-8,10-13,15-16,18,26H,9,14,17,19-20H2,1-2H3,(H,31,35). The molecule has 0 radical (unpaired) electrons. The molecule has 3 rings (SSSR count). The molecule has 0 fully saturated rings. The second-order valence-corrected chi connectivity index (χ2v) is 11.7. The highest BCUT2D eigenvalue weighted by atomic mass is 35.5. The van der Waals surface area contributed by atoms with Crippen LogP contribution in [0.4, 0.5) is 0 Å². The van der Waals surface area contributed by atoms with Crippen LogP contribution in [0.3, 0.4) is 0 Å². The average Bonchev–Trinajstić information content (AvgIpc) is 2.93. The molecule has 0 saturated heterocycles. The molecule has 1 unspecified atom stereocenters. The number of nitrogens with one attached hydrogen (secondary N) is 1. The van der Waals surface area contributed by atoms with E-state index in [1.807, 2.05) is 30.3 Å². The molecule has 0 aromatic heterocycles. The Kier molecular flexibility index (Phi) is 10.7. The predicted molar refractivity (Wildman–Crippen MR) is 151 cm³/mol. The van der Waals surface area contributed by atoms with Crippen molar-refractivity contribution in [2.75, 3.05) is 20.6 Å². The van der Waals surface area contributed by atoms with Gasteiger partial charge in [0.2, 0.25) is 21.8 Å². The molecule has 0 spiro atoms. The number of hydrogen-bond donors (Lipinski definition) is 1. The number of hydrogen-bond acceptors (Lipinski definition) is 4. The van der Waals surface area contributed by atoms with E-state index in [4.69, 9.17) is 23.2 Å². The minimum atomic E-state index is -3.67. The van der Waals surface area contributed by atoms with E-state index < -0.39 is 16.1 Å². The van der Waals surface area contributed by atoms with Crippen LogP contribution >= 0.6 is 23.2 Å². The van der Waals surface area contributed by atoms with E-state index in [0.29, 0.717) is 16.5 Å². The molecule has 3 aromatic carbocycles. The van der Waals surface area contributed by atoms with Gasteiger partial charge in [0.25, 0.3) is 0 Å². The third-order valence-electron chi connectivity index (χ3n) is 6.17. The fourth-order valence-corrected chi connectivity index (χ4v) is 5.60. The smallest absolute Gasteiger partial charge is 0.242 e. The van der Waals surface area contributed by atoms with Crippen LogP contribution in [0.1, 0.15) is 24.0 Å². The number of nitrogens with zero attached hydrogens (tertiary/aromatic N) is 2. The number of amides is 2. The van der Waals surface area contributed by atoms with Crippen molar-refractivity contribution in [1.29, 1.82) is 0 Å². The lowest BCUT2D eigenvalue weighted by molar-refractivity contribution is -0.141. The van der Waals surface area contributed by atoms with E-state index in [2.05, 4.69) is 5.32 Å². The van der Waals surface area contributed by atoms with Gasteiger partial charge in [-0.2, -0.15) is 0 Å². The van der Waals surface area contributed by atoms with Crippen molar-refractivity contribution >= 4 is 45.0 Å². The van der Waals surface area contributed by atoms with Gasteiger partial charge in [-0.05, 0) is 41.8 Å². The summed E-state index contributed by atoms with van der Waals surface area (Å²) >= 11 is 12.3. The Morgan fingerprint density at radius 1 is 0.895 bits per heavy atom. The lowest BCUT2D eigenvalue weighted by atomic mass is 10.0. The van der Waals surface area contributed by atoms with Gasteiger partial charge in [-0.15, -0.1) is 0 Å². The molecule has 0 aliphatic heterocycles. The summed E-state index contributed by atoms with van der Waals surface area (Å²) in [5.74, 6) is -0.572. The molecule has 0 heterocycles. The van der Waals surface area contributed by atoms with E-state index in [1.165, 1.54) is 35.4 Å². The van der Waals surface area contributed by atoms with Crippen molar-refractivity contribution in [2.24, 2.45) is 0 Å². The Bertz CT molecular complexity index is 1340. The normalized spacial score (nSPS) is 12.2. The van der Waals surface area contributed by atoms with Crippen molar-refractivity contribution in [3.8, 4) is 0 Å². The highest BCUT2D eigenvalue weighted by Crippen LogP contribution is 2.25. The maximum absolute atomic E-state index is 13.6. The van der Waals surface area contributed by atoms with Crippen molar-refractivity contribution in [3.05, 3.63) is 100 Å². The summed E-state index contributed by atoms with van der Waals surface area (Å²) in [6, 6.07) is 21.9. The highest BCUT2D eigenvalue weighted by molar-refractivity contribution is 7.89. The van der Waals surface area contributed by atoms with Crippen molar-refractivity contribution < 1.29 is 18.0 Å². The maximum atomic E-state index is 13.6. The summed E-state index contributed by atoms with van der Waals surface area (Å²) < 4.78 is 26.9. The third kappa shape index (κ3) is 7.80. The monoisotopic (exact) mass is 575 g/mol. The number of sulfonamides is 1. The maximum Gasteiger partial charge on any atom is 0.242 e. The van der Waals surface area contributed by atoms with E-state index in [9.17, 15) is 18.0 Å². The van der Waals surface area contributed by atoms with E-state index >= 15 is 0 Å². The zero-order valence-electron chi connectivity index (χ0n) is 21.3. The van der Waals surface area contributed by atoms with Gasteiger partial charge < -0.3 is 10.2 Å². The van der Waals surface area contributed by atoms with E-state index in [0.717, 1.165) is 11.1 Å². The van der Waals surface area contributed by atoms with E-state index in [-0.39, 0.29) is 42.6 Å². The summed E-state index contributed by atoms with van der Waals surface area (Å²) in [5, 5.41) is 3.41. The number of rotatable bonds is 12. The van der Waals surface area contributed by atoms with Gasteiger partial charge in [0.1, 0.15) is 6.04 Å². The molecule has 2 amide bonds. The highest BCUT2D eigenvalue weighted by Gasteiger charge is 2.30. The van der Waals surface area contributed by atoms with Crippen LogP contribution in [0.5, 0.6) is 0 Å². The molecule has 202 valence electrons. The number of carbonyl (C=O) groups is 2. The van der Waals surface area contributed by atoms with Crippen LogP contribution in [-0.2, 0) is 32.6 Å². The summed E-state index contributed by atoms with van der Waals surface area (Å²) in [6.45, 7) is 0.283. The van der Waals surface area contributed by atoms with Crippen LogP contribution in [0.15, 0.2) is 83.8 Å². The Balaban J connectivity index is 1.80. The number of likely N-dealkylation sites (N-methyl/N-ethyl adjacent to an activating group) is 1. The van der Waals surface area contributed by atoms with Gasteiger partial charge in [-0.25, -0.2) is 12.7 Å². The number of benzene rings is 3. The van der Waals surface area contributed by atoms with Gasteiger partial charge >= 0.3 is 0 Å². The number of halogens is 2. The Hall–Kier alpha value is -2.91. The first kappa shape index (κ1) is 29.6. The third-order valence-corrected chi connectivity index (χ3v) is 8.78. The second-order valence-electron chi connectivity index (χ2n) is 8.83. The molecule has 7 nitrogen and oxygen atoms in total. The topological polar surface area (TPSA) is 86.8 Å². The predicted octanol–water partition coefficient (Wildman–Crippen LogP) is 4.78. The van der Waals surface area contributed by atoms with Crippen molar-refractivity contribution in [1.82, 2.24) is 14.5 Å². The van der Waals surface area contributed by atoms with Crippen molar-refractivity contribution in [2.45, 2.75) is 36.7 Å². The zero-order valence-corrected chi connectivity index (χ0v) is 23.6. The Morgan fingerprint density at radius 2 is 1.53 bits per heavy atom. The van der Waals surface area contributed by atoms with Gasteiger partial charge in [-0.3, -0.25) is 9.59 Å². The molecule has 1 atom stereocenters. The molecule has 38 heavy (non-hydrogen) atoms. The van der Waals surface area contributed by atoms with Crippen LogP contribution < -0.4 is 5.32 Å². The molecule has 0 bridgehead atoms. The van der Waals surface area contributed by atoms with E-state index in [1.54, 1.807) is 36.4 Å². The van der Waals surface area contributed by atoms with Crippen molar-refractivity contribution in [3.63, 3.8) is 0 Å². The Labute approximate surface area is 234 Å². The molecule has 3 aromatic rings. The number of carbonyl (C=O) groups excluding carboxylic acids is 2.